The smallest absolute Gasteiger partial charge is 0.276 e. The quantitative estimate of drug-likeness (QED) is 0.0545. The Balaban J connectivity index is 0.765. The third-order valence-electron chi connectivity index (χ3n) is 12.4. The lowest BCUT2D eigenvalue weighted by Crippen LogP contribution is -2.54. The van der Waals surface area contributed by atoms with Gasteiger partial charge in [-0.25, -0.2) is 0 Å². The van der Waals surface area contributed by atoms with E-state index in [0.29, 0.717) is 23.5 Å². The highest BCUT2D eigenvalue weighted by molar-refractivity contribution is 6.24. The summed E-state index contributed by atoms with van der Waals surface area (Å²) in [6.07, 6.45) is 16.2. The van der Waals surface area contributed by atoms with Crippen molar-refractivity contribution in [2.45, 2.75) is 122 Å². The van der Waals surface area contributed by atoms with E-state index >= 15 is 0 Å². The number of hydrogen-bond donors (Lipinski definition) is 4. The summed E-state index contributed by atoms with van der Waals surface area (Å²) in [6, 6.07) is 13.9. The highest BCUT2D eigenvalue weighted by Crippen LogP contribution is 2.35. The Bertz CT molecular complexity index is 2280. The molecule has 6 amide bonds. The summed E-state index contributed by atoms with van der Waals surface area (Å²) in [5.41, 5.74) is 5.32. The van der Waals surface area contributed by atoms with Crippen LogP contribution >= 0.6 is 0 Å². The molecule has 1 aliphatic carbocycles. The fourth-order valence-electron chi connectivity index (χ4n) is 8.88. The Morgan fingerprint density at radius 2 is 1.60 bits per heavy atom. The second-order valence-corrected chi connectivity index (χ2v) is 17.9. The van der Waals surface area contributed by atoms with E-state index in [0.717, 1.165) is 99.9 Å². The highest BCUT2D eigenvalue weighted by atomic mass is 16.2. The van der Waals surface area contributed by atoms with E-state index in [1.165, 1.54) is 24.1 Å². The number of fused-ring (bicyclic) bond motifs is 2. The molecule has 2 aliphatic heterocycles. The number of anilines is 2. The van der Waals surface area contributed by atoms with Gasteiger partial charge in [-0.1, -0.05) is 82.7 Å². The van der Waals surface area contributed by atoms with Crippen LogP contribution in [0.15, 0.2) is 60.9 Å². The molecule has 7 rings (SSSR count). The molecule has 1 fully saturated rings. The van der Waals surface area contributed by atoms with Crippen LogP contribution in [0.5, 0.6) is 0 Å². The second-order valence-electron chi connectivity index (χ2n) is 17.9. The lowest BCUT2D eigenvalue weighted by molar-refractivity contribution is -0.136. The molecule has 2 atom stereocenters. The molecule has 328 valence electrons. The van der Waals surface area contributed by atoms with Crippen LogP contribution in [0.4, 0.5) is 11.4 Å². The first-order valence-corrected chi connectivity index (χ1v) is 22.2. The number of imide groups is 2. The fraction of sp³-hybridized carbons (Fsp3) is 0.489. The Morgan fingerprint density at radius 3 is 2.35 bits per heavy atom. The Hall–Kier alpha value is -5.96. The first kappa shape index (κ1) is 44.1. The van der Waals surface area contributed by atoms with Crippen molar-refractivity contribution in [2.24, 2.45) is 5.41 Å². The van der Waals surface area contributed by atoms with Gasteiger partial charge in [0.25, 0.3) is 17.7 Å². The molecule has 2 aromatic heterocycles. The predicted molar refractivity (Wildman–Crippen MR) is 235 cm³/mol. The minimum Gasteiger partial charge on any atom is -0.326 e. The summed E-state index contributed by atoms with van der Waals surface area (Å²) < 4.78 is 1.95. The van der Waals surface area contributed by atoms with Gasteiger partial charge in [-0.2, -0.15) is 10.2 Å². The van der Waals surface area contributed by atoms with E-state index in [2.05, 4.69) is 64.1 Å². The molecule has 0 bridgehead atoms. The molecule has 0 saturated carbocycles. The van der Waals surface area contributed by atoms with E-state index in [4.69, 9.17) is 5.10 Å². The lowest BCUT2D eigenvalue weighted by atomic mass is 9.76. The molecule has 62 heavy (non-hydrogen) atoms. The van der Waals surface area contributed by atoms with Gasteiger partial charge in [-0.15, -0.1) is 0 Å². The second kappa shape index (κ2) is 19.8. The molecule has 15 nitrogen and oxygen atoms in total. The standard InChI is InChI=1S/C47H59N9O6/c1-47(2)24-22-35-37(28-47)52-53-42(35)44(60)50-33-29-48-55(30-33)38(31-15-11-10-12-16-31)23-26-54(3)25-14-9-7-5-4-6-8-13-17-40(57)49-32-18-19-34-36(27-32)46(62)56(45(34)61)39-20-21-41(58)51-43(39)59/h10-12,15-16,18-19,27,29-30,38-39H,4-9,13-14,17,20-26,28H2,1-3H3,(H,49,57)(H,50,60)(H,52,53)(H,51,58,59)/t38-,39?/m0/s1. The Labute approximate surface area is 362 Å². The van der Waals surface area contributed by atoms with Gasteiger partial charge in [0.2, 0.25) is 17.7 Å². The summed E-state index contributed by atoms with van der Waals surface area (Å²) in [7, 11) is 2.17. The minimum absolute atomic E-state index is 0.0207. The molecule has 3 aliphatic rings. The zero-order valence-corrected chi connectivity index (χ0v) is 36.1. The first-order chi connectivity index (χ1) is 29.9. The van der Waals surface area contributed by atoms with Crippen molar-refractivity contribution in [2.75, 3.05) is 30.8 Å². The van der Waals surface area contributed by atoms with Crippen molar-refractivity contribution in [1.82, 2.24) is 35.1 Å². The number of benzene rings is 2. The molecular weight excluding hydrogens is 787 g/mol. The maximum Gasteiger partial charge on any atom is 0.276 e. The molecule has 1 saturated heterocycles. The summed E-state index contributed by atoms with van der Waals surface area (Å²) >= 11 is 0. The normalized spacial score (nSPS) is 17.5. The molecule has 4 aromatic rings. The van der Waals surface area contributed by atoms with Crippen LogP contribution in [0.1, 0.15) is 151 Å². The largest absolute Gasteiger partial charge is 0.326 e. The van der Waals surface area contributed by atoms with Gasteiger partial charge >= 0.3 is 0 Å². The van der Waals surface area contributed by atoms with Gasteiger partial charge in [-0.3, -0.25) is 48.8 Å². The average Bonchev–Trinajstić information content (AvgIpc) is 3.94. The topological polar surface area (TPSA) is 191 Å². The summed E-state index contributed by atoms with van der Waals surface area (Å²) in [4.78, 5) is 79.1. The van der Waals surface area contributed by atoms with Crippen molar-refractivity contribution < 1.29 is 28.8 Å². The number of nitrogens with one attached hydrogen (secondary N) is 4. The van der Waals surface area contributed by atoms with Crippen molar-refractivity contribution in [3.8, 4) is 0 Å². The number of H-pyrrole nitrogens is 1. The zero-order valence-electron chi connectivity index (χ0n) is 36.1. The summed E-state index contributed by atoms with van der Waals surface area (Å²) in [5.74, 6) is -2.63. The number of rotatable bonds is 20. The van der Waals surface area contributed by atoms with Gasteiger partial charge < -0.3 is 15.5 Å². The monoisotopic (exact) mass is 845 g/mol. The van der Waals surface area contributed by atoms with Crippen LogP contribution in [-0.4, -0.2) is 91.4 Å². The maximum atomic E-state index is 13.3. The molecule has 4 N–H and O–H groups in total. The molecule has 0 radical (unpaired) electrons. The SMILES string of the molecule is CN(CCCCCCCCCCC(=O)Nc1ccc2c(c1)C(=O)N(C1CCC(=O)NC1=O)C2=O)CC[C@@H](c1ccccc1)n1cc(NC(=O)c2n[nH]c3c2CCC(C)(C)C3)cn1. The van der Waals surface area contributed by atoms with Crippen LogP contribution in [0, 0.1) is 5.41 Å². The number of aromatic nitrogens is 4. The average molecular weight is 846 g/mol. The molecule has 2 aromatic carbocycles. The van der Waals surface area contributed by atoms with Crippen LogP contribution < -0.4 is 16.0 Å². The third-order valence-corrected chi connectivity index (χ3v) is 12.4. The minimum atomic E-state index is -1.03. The molecule has 0 spiro atoms. The van der Waals surface area contributed by atoms with E-state index in [1.807, 2.05) is 29.1 Å². The highest BCUT2D eigenvalue weighted by Gasteiger charge is 2.44. The number of unbranched alkanes of at least 4 members (excludes halogenated alkanes) is 7. The Morgan fingerprint density at radius 1 is 0.871 bits per heavy atom. The van der Waals surface area contributed by atoms with Crippen molar-refractivity contribution in [1.29, 1.82) is 0 Å². The molecule has 15 heteroatoms. The number of hydrogen-bond acceptors (Lipinski definition) is 9. The number of nitrogens with zero attached hydrogens (tertiary/aromatic N) is 5. The van der Waals surface area contributed by atoms with E-state index in [9.17, 15) is 28.8 Å². The predicted octanol–water partition coefficient (Wildman–Crippen LogP) is 6.84. The molecular formula is C47H59N9O6. The van der Waals surface area contributed by atoms with Gasteiger partial charge in [0.05, 0.1) is 29.1 Å². The van der Waals surface area contributed by atoms with Crippen LogP contribution in [-0.2, 0) is 27.2 Å². The van der Waals surface area contributed by atoms with Gasteiger partial charge in [0.15, 0.2) is 5.69 Å². The van der Waals surface area contributed by atoms with Crippen LogP contribution in [0.2, 0.25) is 0 Å². The Kier molecular flexibility index (Phi) is 14.1. The number of aromatic amines is 1. The van der Waals surface area contributed by atoms with E-state index in [-0.39, 0.29) is 47.2 Å². The summed E-state index contributed by atoms with van der Waals surface area (Å²) in [5, 5.41) is 20.2. The number of amides is 6. The molecule has 1 unspecified atom stereocenters. The van der Waals surface area contributed by atoms with Crippen LogP contribution in [0.25, 0.3) is 0 Å². The first-order valence-electron chi connectivity index (χ1n) is 22.2. The van der Waals surface area contributed by atoms with E-state index in [1.54, 1.807) is 12.3 Å². The van der Waals surface area contributed by atoms with Crippen molar-refractivity contribution in [3.63, 3.8) is 0 Å². The third kappa shape index (κ3) is 10.7. The maximum absolute atomic E-state index is 13.3. The number of piperidine rings is 1. The van der Waals surface area contributed by atoms with E-state index < -0.39 is 29.7 Å². The van der Waals surface area contributed by atoms with Crippen molar-refractivity contribution in [3.05, 3.63) is 94.6 Å². The molecule has 4 heterocycles. The van der Waals surface area contributed by atoms with Crippen LogP contribution in [0.3, 0.4) is 0 Å². The van der Waals surface area contributed by atoms with Gasteiger partial charge in [-0.05, 0) is 87.7 Å². The van der Waals surface area contributed by atoms with Gasteiger partial charge in [0, 0.05) is 42.5 Å². The number of carbonyl (C=O) groups is 6. The van der Waals surface area contributed by atoms with Crippen molar-refractivity contribution >= 4 is 46.8 Å². The zero-order chi connectivity index (χ0) is 43.8. The van der Waals surface area contributed by atoms with Gasteiger partial charge in [0.1, 0.15) is 6.04 Å². The summed E-state index contributed by atoms with van der Waals surface area (Å²) in [6.45, 7) is 6.40. The number of carbonyl (C=O) groups excluding carboxylic acids is 6. The fourth-order valence-corrected chi connectivity index (χ4v) is 8.88. The lowest BCUT2D eigenvalue weighted by Gasteiger charge is -2.28.